The summed E-state index contributed by atoms with van der Waals surface area (Å²) in [5, 5.41) is 12.3. The number of hydrogen-bond donors (Lipinski definition) is 2. The average molecular weight is 377 g/mol. The van der Waals surface area contributed by atoms with E-state index in [-0.39, 0.29) is 11.3 Å². The van der Waals surface area contributed by atoms with E-state index < -0.39 is 18.5 Å². The van der Waals surface area contributed by atoms with E-state index in [1.165, 1.54) is 12.1 Å². The van der Waals surface area contributed by atoms with Crippen molar-refractivity contribution in [3.05, 3.63) is 83.9 Å². The van der Waals surface area contributed by atoms with Crippen LogP contribution >= 0.6 is 0 Å². The van der Waals surface area contributed by atoms with Crippen molar-refractivity contribution in [2.45, 2.75) is 6.92 Å². The van der Waals surface area contributed by atoms with Gasteiger partial charge in [0.15, 0.2) is 12.4 Å². The van der Waals surface area contributed by atoms with E-state index in [1.807, 2.05) is 31.2 Å². The molecule has 0 aliphatic carbocycles. The first kappa shape index (κ1) is 19.0. The number of nitrogens with one attached hydrogen (secondary N) is 1. The number of rotatable bonds is 6. The average Bonchev–Trinajstić information content (AvgIpc) is 2.70. The zero-order valence-electron chi connectivity index (χ0n) is 15.2. The molecule has 0 atom stereocenters. The summed E-state index contributed by atoms with van der Waals surface area (Å²) < 4.78 is 10.8. The van der Waals surface area contributed by atoms with Crippen molar-refractivity contribution in [3.8, 4) is 17.2 Å². The van der Waals surface area contributed by atoms with Gasteiger partial charge in [-0.3, -0.25) is 4.79 Å². The number of anilines is 1. The molecule has 3 rings (SSSR count). The summed E-state index contributed by atoms with van der Waals surface area (Å²) >= 11 is 0. The fourth-order valence-corrected chi connectivity index (χ4v) is 2.43. The van der Waals surface area contributed by atoms with Crippen molar-refractivity contribution in [3.63, 3.8) is 0 Å². The van der Waals surface area contributed by atoms with Gasteiger partial charge in [-0.25, -0.2) is 4.79 Å². The maximum Gasteiger partial charge on any atom is 0.342 e. The Morgan fingerprint density at radius 3 is 2.36 bits per heavy atom. The minimum absolute atomic E-state index is 0.00148. The number of esters is 1. The fourth-order valence-electron chi connectivity index (χ4n) is 2.43. The summed E-state index contributed by atoms with van der Waals surface area (Å²) in [5.41, 5.74) is 1.56. The smallest absolute Gasteiger partial charge is 0.342 e. The monoisotopic (exact) mass is 377 g/mol. The molecule has 0 aliphatic rings. The van der Waals surface area contributed by atoms with E-state index in [2.05, 4.69) is 5.32 Å². The Morgan fingerprint density at radius 2 is 1.61 bits per heavy atom. The number of aryl methyl sites for hydroxylation is 1. The minimum atomic E-state index is -0.780. The van der Waals surface area contributed by atoms with Gasteiger partial charge in [-0.05, 0) is 43.3 Å². The maximum absolute atomic E-state index is 12.2. The number of aromatic hydroxyl groups is 1. The lowest BCUT2D eigenvalue weighted by molar-refractivity contribution is -0.119. The molecular formula is C22H19NO5. The van der Waals surface area contributed by atoms with Crippen molar-refractivity contribution in [1.29, 1.82) is 0 Å². The third kappa shape index (κ3) is 4.88. The Balaban J connectivity index is 1.62. The van der Waals surface area contributed by atoms with Crippen LogP contribution in [0, 0.1) is 6.92 Å². The molecule has 0 fully saturated rings. The van der Waals surface area contributed by atoms with E-state index in [1.54, 1.807) is 36.4 Å². The van der Waals surface area contributed by atoms with Crippen molar-refractivity contribution in [1.82, 2.24) is 0 Å². The van der Waals surface area contributed by atoms with Crippen molar-refractivity contribution in [2.75, 3.05) is 11.9 Å². The first-order valence-electron chi connectivity index (χ1n) is 8.61. The quantitative estimate of drug-likeness (QED) is 0.626. The molecule has 1 amide bonds. The van der Waals surface area contributed by atoms with Gasteiger partial charge in [0.2, 0.25) is 0 Å². The molecule has 28 heavy (non-hydrogen) atoms. The number of phenolic OH excluding ortho intramolecular Hbond substituents is 1. The molecule has 0 saturated heterocycles. The first-order chi connectivity index (χ1) is 13.5. The molecule has 0 aromatic heterocycles. The Morgan fingerprint density at radius 1 is 0.929 bits per heavy atom. The van der Waals surface area contributed by atoms with Gasteiger partial charge in [-0.15, -0.1) is 0 Å². The number of benzene rings is 3. The first-order valence-corrected chi connectivity index (χ1v) is 8.61. The van der Waals surface area contributed by atoms with E-state index in [4.69, 9.17) is 9.47 Å². The van der Waals surface area contributed by atoms with E-state index in [0.29, 0.717) is 17.2 Å². The highest BCUT2D eigenvalue weighted by Gasteiger charge is 2.15. The van der Waals surface area contributed by atoms with Crippen molar-refractivity contribution >= 4 is 17.6 Å². The van der Waals surface area contributed by atoms with Gasteiger partial charge in [0.1, 0.15) is 17.1 Å². The van der Waals surface area contributed by atoms with Crippen molar-refractivity contribution < 1.29 is 24.2 Å². The number of carbonyl (C=O) groups is 2. The van der Waals surface area contributed by atoms with Crippen LogP contribution in [0.4, 0.5) is 5.69 Å². The van der Waals surface area contributed by atoms with E-state index in [9.17, 15) is 14.7 Å². The number of para-hydroxylation sites is 3. The van der Waals surface area contributed by atoms with Crippen molar-refractivity contribution in [2.24, 2.45) is 0 Å². The molecular weight excluding hydrogens is 358 g/mol. The van der Waals surface area contributed by atoms with Gasteiger partial charge in [0.25, 0.3) is 5.91 Å². The molecule has 6 heteroatoms. The van der Waals surface area contributed by atoms with Crippen LogP contribution in [0.3, 0.4) is 0 Å². The Labute approximate surface area is 162 Å². The second-order valence-electron chi connectivity index (χ2n) is 6.05. The lowest BCUT2D eigenvalue weighted by Crippen LogP contribution is -2.21. The van der Waals surface area contributed by atoms with Crippen LogP contribution < -0.4 is 10.1 Å². The number of amides is 1. The molecule has 6 nitrogen and oxygen atoms in total. The van der Waals surface area contributed by atoms with Gasteiger partial charge in [0.05, 0.1) is 5.69 Å². The number of hydrogen-bond acceptors (Lipinski definition) is 5. The highest BCUT2D eigenvalue weighted by molar-refractivity contribution is 5.97. The van der Waals surface area contributed by atoms with Crippen LogP contribution in [0.25, 0.3) is 0 Å². The van der Waals surface area contributed by atoms with Crippen LogP contribution in [-0.2, 0) is 9.53 Å². The SMILES string of the molecule is Cc1ccc(Oc2ccccc2NC(=O)COC(=O)c2ccccc2O)cc1. The topological polar surface area (TPSA) is 84.9 Å². The summed E-state index contributed by atoms with van der Waals surface area (Å²) in [6.45, 7) is 1.49. The third-order valence-electron chi connectivity index (χ3n) is 3.87. The largest absolute Gasteiger partial charge is 0.507 e. The van der Waals surface area contributed by atoms with E-state index >= 15 is 0 Å². The lowest BCUT2D eigenvalue weighted by atomic mass is 10.2. The minimum Gasteiger partial charge on any atom is -0.507 e. The Kier molecular flexibility index (Phi) is 5.91. The molecule has 3 aromatic carbocycles. The zero-order valence-corrected chi connectivity index (χ0v) is 15.2. The maximum atomic E-state index is 12.2. The molecule has 0 spiro atoms. The third-order valence-corrected chi connectivity index (χ3v) is 3.87. The zero-order chi connectivity index (χ0) is 19.9. The van der Waals surface area contributed by atoms with Gasteiger partial charge in [0, 0.05) is 0 Å². The lowest BCUT2D eigenvalue weighted by Gasteiger charge is -2.12. The summed E-state index contributed by atoms with van der Waals surface area (Å²) in [4.78, 5) is 24.1. The second-order valence-corrected chi connectivity index (χ2v) is 6.05. The molecule has 2 N–H and O–H groups in total. The summed E-state index contributed by atoms with van der Waals surface area (Å²) in [5.74, 6) is -0.407. The molecule has 0 radical (unpaired) electrons. The summed E-state index contributed by atoms with van der Waals surface area (Å²) in [6.07, 6.45) is 0. The van der Waals surface area contributed by atoms with Gasteiger partial charge >= 0.3 is 5.97 Å². The summed E-state index contributed by atoms with van der Waals surface area (Å²) in [6, 6.07) is 20.4. The molecule has 142 valence electrons. The van der Waals surface area contributed by atoms with Gasteiger partial charge in [-0.1, -0.05) is 42.0 Å². The fraction of sp³-hybridized carbons (Fsp3) is 0.0909. The number of carbonyl (C=O) groups excluding carboxylic acids is 2. The molecule has 3 aromatic rings. The molecule has 0 heterocycles. The highest BCUT2D eigenvalue weighted by atomic mass is 16.5. The van der Waals surface area contributed by atoms with Crippen LogP contribution in [0.15, 0.2) is 72.8 Å². The van der Waals surface area contributed by atoms with Crippen LogP contribution in [-0.4, -0.2) is 23.6 Å². The van der Waals surface area contributed by atoms with Crippen LogP contribution in [0.2, 0.25) is 0 Å². The molecule has 0 bridgehead atoms. The molecule has 0 unspecified atom stereocenters. The molecule has 0 saturated carbocycles. The number of ether oxygens (including phenoxy) is 2. The Hall–Kier alpha value is -3.80. The Bertz CT molecular complexity index is 982. The summed E-state index contributed by atoms with van der Waals surface area (Å²) in [7, 11) is 0. The predicted molar refractivity (Wildman–Crippen MR) is 105 cm³/mol. The normalized spacial score (nSPS) is 10.2. The number of phenols is 1. The standard InChI is InChI=1S/C22H19NO5/c1-15-10-12-16(13-11-15)28-20-9-5-3-7-18(20)23-21(25)14-27-22(26)17-6-2-4-8-19(17)24/h2-13,24H,14H2,1H3,(H,23,25). The van der Waals surface area contributed by atoms with E-state index in [0.717, 1.165) is 5.56 Å². The highest BCUT2D eigenvalue weighted by Crippen LogP contribution is 2.29. The van der Waals surface area contributed by atoms with Crippen LogP contribution in [0.5, 0.6) is 17.2 Å². The predicted octanol–water partition coefficient (Wildman–Crippen LogP) is 4.29. The van der Waals surface area contributed by atoms with Gasteiger partial charge < -0.3 is 19.9 Å². The van der Waals surface area contributed by atoms with Crippen LogP contribution in [0.1, 0.15) is 15.9 Å². The second kappa shape index (κ2) is 8.73. The molecule has 0 aliphatic heterocycles. The van der Waals surface area contributed by atoms with Gasteiger partial charge in [-0.2, -0.15) is 0 Å².